The molecule has 2 unspecified atom stereocenters. The van der Waals surface area contributed by atoms with E-state index in [0.29, 0.717) is 18.8 Å². The molecule has 112 valence electrons. The van der Waals surface area contributed by atoms with Crippen molar-refractivity contribution in [2.24, 2.45) is 5.92 Å². The van der Waals surface area contributed by atoms with Crippen molar-refractivity contribution < 1.29 is 22.7 Å². The zero-order valence-corrected chi connectivity index (χ0v) is 11.3. The van der Waals surface area contributed by atoms with Crippen LogP contribution in [0.1, 0.15) is 50.2 Å². The lowest BCUT2D eigenvalue weighted by Gasteiger charge is -2.37. The van der Waals surface area contributed by atoms with E-state index in [1.807, 2.05) is 6.92 Å². The van der Waals surface area contributed by atoms with Gasteiger partial charge in [-0.1, -0.05) is 25.8 Å². The van der Waals surface area contributed by atoms with Crippen LogP contribution in [0, 0.1) is 11.7 Å². The van der Waals surface area contributed by atoms with E-state index < -0.39 is 23.2 Å². The molecule has 1 aromatic carbocycles. The highest BCUT2D eigenvalue weighted by Crippen LogP contribution is 2.42. The Bertz CT molecular complexity index is 483. The van der Waals surface area contributed by atoms with E-state index in [4.69, 9.17) is 0 Å². The minimum atomic E-state index is -4.74. The minimum absolute atomic E-state index is 0.171. The third-order valence-corrected chi connectivity index (χ3v) is 4.22. The Morgan fingerprint density at radius 2 is 2.05 bits per heavy atom. The molecule has 0 heterocycles. The molecule has 1 nitrogen and oxygen atoms in total. The average molecular weight is 290 g/mol. The van der Waals surface area contributed by atoms with Gasteiger partial charge in [0.1, 0.15) is 5.82 Å². The summed E-state index contributed by atoms with van der Waals surface area (Å²) in [4.78, 5) is 0. The maximum Gasteiger partial charge on any atom is 0.419 e. The Kier molecular flexibility index (Phi) is 4.09. The Morgan fingerprint density at radius 1 is 1.35 bits per heavy atom. The molecule has 0 radical (unpaired) electrons. The predicted octanol–water partition coefficient (Wildman–Crippen LogP) is 4.63. The Morgan fingerprint density at radius 3 is 2.65 bits per heavy atom. The molecule has 0 saturated heterocycles. The minimum Gasteiger partial charge on any atom is -0.385 e. The topological polar surface area (TPSA) is 20.2 Å². The highest BCUT2D eigenvalue weighted by atomic mass is 19.4. The quantitative estimate of drug-likeness (QED) is 0.787. The summed E-state index contributed by atoms with van der Waals surface area (Å²) in [6.45, 7) is 2.00. The van der Waals surface area contributed by atoms with Crippen molar-refractivity contribution in [3.05, 3.63) is 35.1 Å². The van der Waals surface area contributed by atoms with Gasteiger partial charge >= 0.3 is 6.18 Å². The first kappa shape index (κ1) is 15.3. The Hall–Kier alpha value is -1.10. The van der Waals surface area contributed by atoms with Gasteiger partial charge in [-0.05, 0) is 42.9 Å². The van der Waals surface area contributed by atoms with Crippen LogP contribution >= 0.6 is 0 Å². The van der Waals surface area contributed by atoms with Gasteiger partial charge in [-0.3, -0.25) is 0 Å². The van der Waals surface area contributed by atoms with E-state index in [1.54, 1.807) is 0 Å². The van der Waals surface area contributed by atoms with Gasteiger partial charge in [0.25, 0.3) is 0 Å². The van der Waals surface area contributed by atoms with Crippen LogP contribution in [-0.4, -0.2) is 5.11 Å². The third kappa shape index (κ3) is 2.97. The summed E-state index contributed by atoms with van der Waals surface area (Å²) in [5.41, 5.74) is -2.40. The number of alkyl halides is 3. The summed E-state index contributed by atoms with van der Waals surface area (Å²) in [6.07, 6.45) is -1.25. The monoisotopic (exact) mass is 290 g/mol. The lowest BCUT2D eigenvalue weighted by molar-refractivity contribution is -0.140. The summed E-state index contributed by atoms with van der Waals surface area (Å²) >= 11 is 0. The highest BCUT2D eigenvalue weighted by Gasteiger charge is 2.39. The maximum atomic E-state index is 13.3. The van der Waals surface area contributed by atoms with Crippen LogP contribution in [0.4, 0.5) is 17.6 Å². The third-order valence-electron chi connectivity index (χ3n) is 4.22. The SMILES string of the molecule is CCC1CCCC(O)(c2ccc(F)c(C(F)(F)F)c2)C1. The molecule has 0 aromatic heterocycles. The van der Waals surface area contributed by atoms with E-state index >= 15 is 0 Å². The summed E-state index contributed by atoms with van der Waals surface area (Å²) in [5.74, 6) is -0.999. The van der Waals surface area contributed by atoms with Gasteiger partial charge in [-0.25, -0.2) is 4.39 Å². The van der Waals surface area contributed by atoms with Gasteiger partial charge in [0.05, 0.1) is 11.2 Å². The Balaban J connectivity index is 2.37. The molecular formula is C15H18F4O. The summed E-state index contributed by atoms with van der Waals surface area (Å²) in [6, 6.07) is 2.82. The largest absolute Gasteiger partial charge is 0.419 e. The molecule has 2 atom stereocenters. The van der Waals surface area contributed by atoms with Gasteiger partial charge in [0.2, 0.25) is 0 Å². The fourth-order valence-electron chi connectivity index (χ4n) is 3.01. The molecule has 0 amide bonds. The molecule has 1 aliphatic carbocycles. The Labute approximate surface area is 115 Å². The van der Waals surface area contributed by atoms with Gasteiger partial charge in [-0.15, -0.1) is 0 Å². The number of halogens is 4. The zero-order valence-electron chi connectivity index (χ0n) is 11.3. The maximum absolute atomic E-state index is 13.3. The molecule has 2 rings (SSSR count). The normalized spacial score (nSPS) is 27.6. The van der Waals surface area contributed by atoms with Crippen molar-refractivity contribution >= 4 is 0 Å². The van der Waals surface area contributed by atoms with E-state index in [1.165, 1.54) is 6.07 Å². The van der Waals surface area contributed by atoms with Crippen molar-refractivity contribution in [3.63, 3.8) is 0 Å². The number of benzene rings is 1. The van der Waals surface area contributed by atoms with Crippen LogP contribution in [0.3, 0.4) is 0 Å². The molecule has 1 aliphatic rings. The van der Waals surface area contributed by atoms with Crippen LogP contribution in [0.2, 0.25) is 0 Å². The van der Waals surface area contributed by atoms with Crippen LogP contribution < -0.4 is 0 Å². The van der Waals surface area contributed by atoms with Gasteiger partial charge < -0.3 is 5.11 Å². The first-order chi connectivity index (χ1) is 9.26. The summed E-state index contributed by atoms with van der Waals surface area (Å²) < 4.78 is 51.5. The summed E-state index contributed by atoms with van der Waals surface area (Å²) in [7, 11) is 0. The fourth-order valence-corrected chi connectivity index (χ4v) is 3.01. The van der Waals surface area contributed by atoms with E-state index in [-0.39, 0.29) is 5.56 Å². The van der Waals surface area contributed by atoms with Gasteiger partial charge in [0, 0.05) is 0 Å². The van der Waals surface area contributed by atoms with Crippen molar-refractivity contribution in [3.8, 4) is 0 Å². The van der Waals surface area contributed by atoms with E-state index in [9.17, 15) is 22.7 Å². The highest BCUT2D eigenvalue weighted by molar-refractivity contribution is 5.31. The van der Waals surface area contributed by atoms with Crippen molar-refractivity contribution in [1.82, 2.24) is 0 Å². The number of rotatable bonds is 2. The molecule has 20 heavy (non-hydrogen) atoms. The molecule has 0 bridgehead atoms. The molecule has 0 spiro atoms. The molecule has 1 aromatic rings. The van der Waals surface area contributed by atoms with E-state index in [2.05, 4.69) is 0 Å². The van der Waals surface area contributed by atoms with Crippen LogP contribution in [-0.2, 0) is 11.8 Å². The smallest absolute Gasteiger partial charge is 0.385 e. The molecule has 1 N–H and O–H groups in total. The van der Waals surface area contributed by atoms with Crippen molar-refractivity contribution in [1.29, 1.82) is 0 Å². The second-order valence-electron chi connectivity index (χ2n) is 5.59. The molecule has 0 aliphatic heterocycles. The average Bonchev–Trinajstić information content (AvgIpc) is 2.37. The molecular weight excluding hydrogens is 272 g/mol. The van der Waals surface area contributed by atoms with Gasteiger partial charge in [-0.2, -0.15) is 13.2 Å². The second-order valence-corrected chi connectivity index (χ2v) is 5.59. The van der Waals surface area contributed by atoms with Crippen molar-refractivity contribution in [2.45, 2.75) is 50.8 Å². The number of hydrogen-bond donors (Lipinski definition) is 1. The lowest BCUT2D eigenvalue weighted by atomic mass is 9.73. The number of hydrogen-bond acceptors (Lipinski definition) is 1. The first-order valence-electron chi connectivity index (χ1n) is 6.86. The predicted molar refractivity (Wildman–Crippen MR) is 67.5 cm³/mol. The molecule has 1 saturated carbocycles. The fraction of sp³-hybridized carbons (Fsp3) is 0.600. The van der Waals surface area contributed by atoms with Crippen LogP contribution in [0.25, 0.3) is 0 Å². The number of aliphatic hydroxyl groups is 1. The van der Waals surface area contributed by atoms with Crippen LogP contribution in [0.5, 0.6) is 0 Å². The van der Waals surface area contributed by atoms with Crippen LogP contribution in [0.15, 0.2) is 18.2 Å². The second kappa shape index (κ2) is 5.35. The molecule has 1 fully saturated rings. The standard InChI is InChI=1S/C15H18F4O/c1-2-10-4-3-7-14(20,9-10)11-5-6-13(16)12(8-11)15(17,18)19/h5-6,8,10,20H,2-4,7,9H2,1H3. The first-order valence-corrected chi connectivity index (χ1v) is 6.86. The van der Waals surface area contributed by atoms with Crippen molar-refractivity contribution in [2.75, 3.05) is 0 Å². The zero-order chi connectivity index (χ0) is 15.0. The molecule has 5 heteroatoms. The summed E-state index contributed by atoms with van der Waals surface area (Å²) in [5, 5.41) is 10.6. The lowest BCUT2D eigenvalue weighted by Crippen LogP contribution is -2.33. The van der Waals surface area contributed by atoms with Gasteiger partial charge in [0.15, 0.2) is 0 Å². The van der Waals surface area contributed by atoms with E-state index in [0.717, 1.165) is 31.4 Å².